The van der Waals surface area contributed by atoms with Crippen molar-refractivity contribution in [2.75, 3.05) is 14.2 Å². The maximum Gasteiger partial charge on any atom is 0.329 e. The van der Waals surface area contributed by atoms with Crippen LogP contribution in [-0.4, -0.2) is 43.1 Å². The lowest BCUT2D eigenvalue weighted by atomic mass is 10.3. The Balaban J connectivity index is 1.46. The second-order valence-corrected chi connectivity index (χ2v) is 10.7. The molecular weight excluding hydrogens is 528 g/mol. The molecule has 0 saturated carbocycles. The molecule has 2 aromatic carbocycles. The first-order valence-electron chi connectivity index (χ1n) is 10.5. The van der Waals surface area contributed by atoms with Gasteiger partial charge in [0.2, 0.25) is 0 Å². The van der Waals surface area contributed by atoms with Crippen molar-refractivity contribution in [2.45, 2.75) is 22.9 Å². The topological polar surface area (TPSA) is 182 Å². The molecule has 3 rings (SSSR count). The first-order valence-corrected chi connectivity index (χ1v) is 13.5. The molecule has 15 heteroatoms. The number of amides is 4. The number of carbonyl (C=O) groups excluding carboxylic acids is 2. The number of urea groups is 2. The fourth-order valence-electron chi connectivity index (χ4n) is 2.89. The van der Waals surface area contributed by atoms with Gasteiger partial charge in [-0.05, 0) is 60.7 Å². The summed E-state index contributed by atoms with van der Waals surface area (Å²) in [6.07, 6.45) is 0. The van der Waals surface area contributed by atoms with Crippen LogP contribution in [0.5, 0.6) is 11.5 Å². The maximum absolute atomic E-state index is 12.3. The molecule has 4 amide bonds. The molecule has 13 nitrogen and oxygen atoms in total. The van der Waals surface area contributed by atoms with Crippen molar-refractivity contribution in [1.29, 1.82) is 0 Å². The average molecular weight is 553 g/mol. The monoisotopic (exact) mass is 552 g/mol. The minimum Gasteiger partial charge on any atom is -0.497 e. The van der Waals surface area contributed by atoms with Gasteiger partial charge in [-0.25, -0.2) is 35.9 Å². The van der Waals surface area contributed by atoms with Gasteiger partial charge >= 0.3 is 12.1 Å². The van der Waals surface area contributed by atoms with Gasteiger partial charge in [0.25, 0.3) is 20.0 Å². The predicted octanol–water partition coefficient (Wildman–Crippen LogP) is 1.67. The van der Waals surface area contributed by atoms with E-state index < -0.39 is 32.1 Å². The third kappa shape index (κ3) is 7.62. The zero-order valence-electron chi connectivity index (χ0n) is 19.7. The van der Waals surface area contributed by atoms with Crippen LogP contribution in [-0.2, 0) is 33.1 Å². The molecule has 37 heavy (non-hydrogen) atoms. The van der Waals surface area contributed by atoms with Gasteiger partial charge in [-0.3, -0.25) is 0 Å². The molecule has 0 radical (unpaired) electrons. The third-order valence-corrected chi connectivity index (χ3v) is 7.45. The highest BCUT2D eigenvalue weighted by atomic mass is 32.2. The Kier molecular flexibility index (Phi) is 8.62. The summed E-state index contributed by atoms with van der Waals surface area (Å²) in [5.74, 6) is 1.45. The lowest BCUT2D eigenvalue weighted by Gasteiger charge is -2.09. The van der Waals surface area contributed by atoms with Gasteiger partial charge in [-0.1, -0.05) is 0 Å². The fraction of sp³-hybridized carbons (Fsp3) is 0.182. The summed E-state index contributed by atoms with van der Waals surface area (Å²) < 4.78 is 68.3. The molecular formula is C22H24N4O9S2. The highest BCUT2D eigenvalue weighted by molar-refractivity contribution is 7.90. The van der Waals surface area contributed by atoms with Crippen molar-refractivity contribution in [1.82, 2.24) is 20.1 Å². The molecule has 0 spiro atoms. The van der Waals surface area contributed by atoms with Crippen molar-refractivity contribution in [3.8, 4) is 11.5 Å². The summed E-state index contributed by atoms with van der Waals surface area (Å²) in [7, 11) is -5.32. The molecule has 4 N–H and O–H groups in total. The summed E-state index contributed by atoms with van der Waals surface area (Å²) in [6, 6.07) is 12.0. The molecule has 0 bridgehead atoms. The summed E-state index contributed by atoms with van der Waals surface area (Å²) >= 11 is 0. The SMILES string of the molecule is COc1ccc(S(=O)(=O)NC(=O)NCc2ccc(CNC(=O)NS(=O)(=O)c3ccc(OC)cc3)o2)cc1. The minimum atomic E-state index is -4.10. The van der Waals surface area contributed by atoms with E-state index in [9.17, 15) is 26.4 Å². The van der Waals surface area contributed by atoms with Crippen LogP contribution in [0.2, 0.25) is 0 Å². The summed E-state index contributed by atoms with van der Waals surface area (Å²) in [5, 5.41) is 4.69. The zero-order valence-corrected chi connectivity index (χ0v) is 21.3. The van der Waals surface area contributed by atoms with E-state index in [1.54, 1.807) is 0 Å². The molecule has 0 atom stereocenters. The van der Waals surface area contributed by atoms with Crippen LogP contribution in [0.25, 0.3) is 0 Å². The Morgan fingerprint density at radius 2 is 1.00 bits per heavy atom. The predicted molar refractivity (Wildman–Crippen MR) is 130 cm³/mol. The first-order chi connectivity index (χ1) is 17.5. The van der Waals surface area contributed by atoms with Gasteiger partial charge in [0.1, 0.15) is 23.0 Å². The van der Waals surface area contributed by atoms with Gasteiger partial charge in [-0.2, -0.15) is 0 Å². The lowest BCUT2D eigenvalue weighted by Crippen LogP contribution is -2.39. The number of furan rings is 1. The van der Waals surface area contributed by atoms with E-state index in [0.717, 1.165) is 0 Å². The number of nitrogens with one attached hydrogen (secondary N) is 4. The minimum absolute atomic E-state index is 0.123. The fourth-order valence-corrected chi connectivity index (χ4v) is 4.75. The Labute approximate surface area is 213 Å². The number of hydrogen-bond acceptors (Lipinski definition) is 9. The summed E-state index contributed by atoms with van der Waals surface area (Å²) in [5.41, 5.74) is 0. The number of methoxy groups -OCH3 is 2. The standard InChI is InChI=1S/C22H24N4O9S2/c1-33-15-5-9-19(10-6-15)36(29,30)25-21(27)23-13-17-3-4-18(35-17)14-24-22(28)26-37(31,32)20-11-7-16(34-2)8-12-20/h3-12H,13-14H2,1-2H3,(H2,23,25,27)(H2,24,26,28). The van der Waals surface area contributed by atoms with E-state index in [0.29, 0.717) is 11.5 Å². The van der Waals surface area contributed by atoms with Crippen LogP contribution in [0, 0.1) is 0 Å². The largest absolute Gasteiger partial charge is 0.497 e. The van der Waals surface area contributed by atoms with Crippen molar-refractivity contribution in [2.24, 2.45) is 0 Å². The van der Waals surface area contributed by atoms with E-state index in [1.165, 1.54) is 74.9 Å². The molecule has 3 aromatic rings. The zero-order chi connectivity index (χ0) is 27.1. The van der Waals surface area contributed by atoms with Crippen molar-refractivity contribution < 1.29 is 40.3 Å². The molecule has 0 aliphatic heterocycles. The smallest absolute Gasteiger partial charge is 0.329 e. The Hall–Kier alpha value is -4.24. The van der Waals surface area contributed by atoms with Crippen molar-refractivity contribution in [3.63, 3.8) is 0 Å². The highest BCUT2D eigenvalue weighted by Gasteiger charge is 2.19. The molecule has 0 aliphatic carbocycles. The number of sulfonamides is 2. The summed E-state index contributed by atoms with van der Waals surface area (Å²) in [4.78, 5) is 23.8. The van der Waals surface area contributed by atoms with Crippen LogP contribution >= 0.6 is 0 Å². The highest BCUT2D eigenvalue weighted by Crippen LogP contribution is 2.16. The molecule has 0 fully saturated rings. The molecule has 1 aromatic heterocycles. The van der Waals surface area contributed by atoms with Gasteiger partial charge in [0.15, 0.2) is 0 Å². The van der Waals surface area contributed by atoms with Gasteiger partial charge in [-0.15, -0.1) is 0 Å². The number of carbonyl (C=O) groups is 2. The van der Waals surface area contributed by atoms with Crippen LogP contribution in [0.3, 0.4) is 0 Å². The van der Waals surface area contributed by atoms with Gasteiger partial charge in [0.05, 0.1) is 37.1 Å². The Morgan fingerprint density at radius 3 is 1.32 bits per heavy atom. The van der Waals surface area contributed by atoms with E-state index in [4.69, 9.17) is 13.9 Å². The summed E-state index contributed by atoms with van der Waals surface area (Å²) in [6.45, 7) is -0.302. The number of hydrogen-bond donors (Lipinski definition) is 4. The van der Waals surface area contributed by atoms with Crippen molar-refractivity contribution in [3.05, 3.63) is 72.2 Å². The molecule has 0 aliphatic rings. The van der Waals surface area contributed by atoms with E-state index in [2.05, 4.69) is 10.6 Å². The molecule has 198 valence electrons. The van der Waals surface area contributed by atoms with Crippen LogP contribution in [0.1, 0.15) is 11.5 Å². The average Bonchev–Trinajstić information content (AvgIpc) is 3.34. The second kappa shape index (κ2) is 11.7. The van der Waals surface area contributed by atoms with E-state index >= 15 is 0 Å². The van der Waals surface area contributed by atoms with Gasteiger partial charge in [0, 0.05) is 0 Å². The number of rotatable bonds is 10. The molecule has 0 unspecified atom stereocenters. The third-order valence-electron chi connectivity index (χ3n) is 4.76. The maximum atomic E-state index is 12.3. The van der Waals surface area contributed by atoms with E-state index in [-0.39, 0.29) is 34.4 Å². The number of benzene rings is 2. The normalized spacial score (nSPS) is 11.3. The first kappa shape index (κ1) is 27.3. The van der Waals surface area contributed by atoms with Gasteiger partial charge < -0.3 is 24.5 Å². The van der Waals surface area contributed by atoms with Crippen LogP contribution < -0.4 is 29.6 Å². The van der Waals surface area contributed by atoms with E-state index in [1.807, 2.05) is 9.44 Å². The molecule has 1 heterocycles. The Bertz CT molecular complexity index is 1340. The van der Waals surface area contributed by atoms with Crippen LogP contribution in [0.4, 0.5) is 9.59 Å². The molecule has 0 saturated heterocycles. The second-order valence-electron chi connectivity index (χ2n) is 7.30. The van der Waals surface area contributed by atoms with Crippen LogP contribution in [0.15, 0.2) is 74.9 Å². The quantitative estimate of drug-likeness (QED) is 0.291. The lowest BCUT2D eigenvalue weighted by molar-refractivity contribution is 0.244. The Morgan fingerprint density at radius 1 is 0.649 bits per heavy atom. The van der Waals surface area contributed by atoms with Crippen molar-refractivity contribution >= 4 is 32.1 Å². The number of ether oxygens (including phenoxy) is 2.